The quantitative estimate of drug-likeness (QED) is 0.914. The molecule has 0 aliphatic rings. The van der Waals surface area contributed by atoms with Gasteiger partial charge < -0.3 is 9.64 Å². The lowest BCUT2D eigenvalue weighted by molar-refractivity contribution is 0.414. The Kier molecular flexibility index (Phi) is 4.73. The van der Waals surface area contributed by atoms with E-state index in [1.807, 2.05) is 49.3 Å². The maximum Gasteiger partial charge on any atom is 0.238 e. The van der Waals surface area contributed by atoms with E-state index in [9.17, 15) is 8.42 Å². The minimum absolute atomic E-state index is 0.161. The van der Waals surface area contributed by atoms with E-state index in [1.54, 1.807) is 19.2 Å². The lowest BCUT2D eigenvalue weighted by Crippen LogP contribution is -2.16. The third-order valence-electron chi connectivity index (χ3n) is 3.42. The predicted molar refractivity (Wildman–Crippen MR) is 87.9 cm³/mol. The molecule has 118 valence electrons. The first kappa shape index (κ1) is 16.3. The van der Waals surface area contributed by atoms with E-state index in [0.717, 1.165) is 17.0 Å². The zero-order valence-electron chi connectivity index (χ0n) is 12.9. The first-order valence-corrected chi connectivity index (χ1v) is 8.32. The fourth-order valence-electron chi connectivity index (χ4n) is 2.22. The van der Waals surface area contributed by atoms with Gasteiger partial charge in [-0.2, -0.15) is 0 Å². The molecule has 0 spiro atoms. The molecular formula is C16H20N2O3S. The number of benzene rings is 2. The number of methoxy groups -OCH3 is 1. The molecule has 0 saturated heterocycles. The zero-order valence-corrected chi connectivity index (χ0v) is 13.7. The Balaban J connectivity index is 2.44. The average molecular weight is 320 g/mol. The molecule has 0 unspecified atom stereocenters. The molecule has 2 aromatic rings. The minimum atomic E-state index is -3.75. The van der Waals surface area contributed by atoms with Gasteiger partial charge in [-0.25, -0.2) is 13.6 Å². The maximum atomic E-state index is 11.8. The van der Waals surface area contributed by atoms with E-state index < -0.39 is 10.0 Å². The molecule has 0 radical (unpaired) electrons. The SMILES string of the molecule is COc1ccc(Cc2cc(N(C)C)ccc2S(N)(=O)=O)cc1. The van der Waals surface area contributed by atoms with Crippen molar-refractivity contribution in [1.82, 2.24) is 0 Å². The summed E-state index contributed by atoms with van der Waals surface area (Å²) in [5.41, 5.74) is 2.59. The van der Waals surface area contributed by atoms with Crippen LogP contribution in [0, 0.1) is 0 Å². The molecule has 2 N–H and O–H groups in total. The van der Waals surface area contributed by atoms with Crippen LogP contribution in [-0.2, 0) is 16.4 Å². The summed E-state index contributed by atoms with van der Waals surface area (Å²) in [7, 11) is 1.67. The third kappa shape index (κ3) is 3.78. The van der Waals surface area contributed by atoms with Crippen molar-refractivity contribution in [1.29, 1.82) is 0 Å². The van der Waals surface area contributed by atoms with Crippen LogP contribution in [0.5, 0.6) is 5.75 Å². The van der Waals surface area contributed by atoms with Crippen LogP contribution in [0.2, 0.25) is 0 Å². The summed E-state index contributed by atoms with van der Waals surface area (Å²) in [5, 5.41) is 5.32. The van der Waals surface area contributed by atoms with E-state index >= 15 is 0 Å². The molecule has 0 atom stereocenters. The van der Waals surface area contributed by atoms with Crippen molar-refractivity contribution in [3.05, 3.63) is 53.6 Å². The molecule has 0 amide bonds. The molecule has 2 aromatic carbocycles. The molecular weight excluding hydrogens is 300 g/mol. The molecule has 0 aliphatic heterocycles. The van der Waals surface area contributed by atoms with Crippen LogP contribution < -0.4 is 14.8 Å². The number of ether oxygens (including phenoxy) is 1. The largest absolute Gasteiger partial charge is 0.497 e. The Morgan fingerprint density at radius 3 is 2.23 bits per heavy atom. The van der Waals surface area contributed by atoms with Gasteiger partial charge in [-0.05, 0) is 47.9 Å². The van der Waals surface area contributed by atoms with Crippen molar-refractivity contribution in [2.75, 3.05) is 26.1 Å². The van der Waals surface area contributed by atoms with Crippen molar-refractivity contribution in [2.24, 2.45) is 5.14 Å². The van der Waals surface area contributed by atoms with E-state index in [4.69, 9.17) is 9.88 Å². The van der Waals surface area contributed by atoms with Crippen LogP contribution in [0.1, 0.15) is 11.1 Å². The topological polar surface area (TPSA) is 72.6 Å². The highest BCUT2D eigenvalue weighted by atomic mass is 32.2. The molecule has 6 heteroatoms. The highest BCUT2D eigenvalue weighted by molar-refractivity contribution is 7.89. The van der Waals surface area contributed by atoms with Gasteiger partial charge in [0.05, 0.1) is 12.0 Å². The van der Waals surface area contributed by atoms with E-state index in [1.165, 1.54) is 0 Å². The first-order chi connectivity index (χ1) is 10.3. The minimum Gasteiger partial charge on any atom is -0.497 e. The van der Waals surface area contributed by atoms with Gasteiger partial charge in [0.2, 0.25) is 10.0 Å². The van der Waals surface area contributed by atoms with Crippen molar-refractivity contribution in [3.8, 4) is 5.75 Å². The van der Waals surface area contributed by atoms with Gasteiger partial charge in [-0.3, -0.25) is 0 Å². The number of anilines is 1. The van der Waals surface area contributed by atoms with Crippen LogP contribution in [0.3, 0.4) is 0 Å². The van der Waals surface area contributed by atoms with Gasteiger partial charge in [-0.1, -0.05) is 12.1 Å². The monoisotopic (exact) mass is 320 g/mol. The standard InChI is InChI=1S/C16H20N2O3S/c1-18(2)14-6-9-16(22(17,19)20)13(11-14)10-12-4-7-15(21-3)8-5-12/h4-9,11H,10H2,1-3H3,(H2,17,19,20). The smallest absolute Gasteiger partial charge is 0.238 e. The summed E-state index contributed by atoms with van der Waals surface area (Å²) in [5.74, 6) is 0.762. The third-order valence-corrected chi connectivity index (χ3v) is 4.43. The lowest BCUT2D eigenvalue weighted by Gasteiger charge is -2.16. The van der Waals surface area contributed by atoms with Gasteiger partial charge in [0.1, 0.15) is 5.75 Å². The van der Waals surface area contributed by atoms with E-state index in [2.05, 4.69) is 0 Å². The summed E-state index contributed by atoms with van der Waals surface area (Å²) in [6, 6.07) is 12.7. The highest BCUT2D eigenvalue weighted by Crippen LogP contribution is 2.24. The summed E-state index contributed by atoms with van der Waals surface area (Å²) in [4.78, 5) is 2.08. The van der Waals surface area contributed by atoms with Crippen molar-refractivity contribution in [2.45, 2.75) is 11.3 Å². The Morgan fingerprint density at radius 1 is 1.09 bits per heavy atom. The lowest BCUT2D eigenvalue weighted by atomic mass is 10.0. The van der Waals surface area contributed by atoms with E-state index in [-0.39, 0.29) is 4.90 Å². The molecule has 0 heterocycles. The predicted octanol–water partition coefficient (Wildman–Crippen LogP) is 2.00. The van der Waals surface area contributed by atoms with Crippen LogP contribution in [0.4, 0.5) is 5.69 Å². The molecule has 0 saturated carbocycles. The molecule has 0 aromatic heterocycles. The maximum absolute atomic E-state index is 11.8. The second-order valence-electron chi connectivity index (χ2n) is 5.26. The normalized spacial score (nSPS) is 11.3. The van der Waals surface area contributed by atoms with E-state index in [0.29, 0.717) is 12.0 Å². The second kappa shape index (κ2) is 6.37. The number of sulfonamides is 1. The van der Waals surface area contributed by atoms with Crippen LogP contribution in [0.15, 0.2) is 47.4 Å². The fourth-order valence-corrected chi connectivity index (χ4v) is 2.98. The summed E-state index contributed by atoms with van der Waals surface area (Å²) >= 11 is 0. The van der Waals surface area contributed by atoms with Gasteiger partial charge in [-0.15, -0.1) is 0 Å². The number of nitrogens with two attached hydrogens (primary N) is 1. The summed E-state index contributed by atoms with van der Waals surface area (Å²) in [6.07, 6.45) is 0.484. The molecule has 0 bridgehead atoms. The van der Waals surface area contributed by atoms with Gasteiger partial charge in [0, 0.05) is 19.8 Å². The molecule has 0 fully saturated rings. The average Bonchev–Trinajstić information content (AvgIpc) is 2.46. The van der Waals surface area contributed by atoms with Crippen molar-refractivity contribution < 1.29 is 13.2 Å². The Hall–Kier alpha value is -2.05. The molecule has 2 rings (SSSR count). The Labute approximate surface area is 131 Å². The van der Waals surface area contributed by atoms with Crippen molar-refractivity contribution in [3.63, 3.8) is 0 Å². The first-order valence-electron chi connectivity index (χ1n) is 6.77. The highest BCUT2D eigenvalue weighted by Gasteiger charge is 2.15. The molecule has 22 heavy (non-hydrogen) atoms. The molecule has 0 aliphatic carbocycles. The van der Waals surface area contributed by atoms with Crippen LogP contribution >= 0.6 is 0 Å². The number of nitrogens with zero attached hydrogens (tertiary/aromatic N) is 1. The number of rotatable bonds is 5. The zero-order chi connectivity index (χ0) is 16.3. The number of hydrogen-bond acceptors (Lipinski definition) is 4. The Bertz CT molecular complexity index is 753. The second-order valence-corrected chi connectivity index (χ2v) is 6.79. The van der Waals surface area contributed by atoms with Crippen LogP contribution in [-0.4, -0.2) is 29.6 Å². The number of primary sulfonamides is 1. The molecule has 5 nitrogen and oxygen atoms in total. The van der Waals surface area contributed by atoms with Crippen molar-refractivity contribution >= 4 is 15.7 Å². The van der Waals surface area contributed by atoms with Gasteiger partial charge in [0.15, 0.2) is 0 Å². The Morgan fingerprint density at radius 2 is 1.73 bits per heavy atom. The number of hydrogen-bond donors (Lipinski definition) is 1. The van der Waals surface area contributed by atoms with Gasteiger partial charge >= 0.3 is 0 Å². The summed E-state index contributed by atoms with van der Waals surface area (Å²) < 4.78 is 28.7. The van der Waals surface area contributed by atoms with Gasteiger partial charge in [0.25, 0.3) is 0 Å². The summed E-state index contributed by atoms with van der Waals surface area (Å²) in [6.45, 7) is 0. The fraction of sp³-hybridized carbons (Fsp3) is 0.250. The van der Waals surface area contributed by atoms with Crippen LogP contribution in [0.25, 0.3) is 0 Å².